The molecule has 0 saturated heterocycles. The third-order valence-electron chi connectivity index (χ3n) is 5.13. The van der Waals surface area contributed by atoms with Crippen molar-refractivity contribution in [2.45, 2.75) is 26.2 Å². The monoisotopic (exact) mass is 448 g/mol. The fraction of sp³-hybridized carbons (Fsp3) is 0.250. The Bertz CT molecular complexity index is 1390. The molecule has 1 aromatic carbocycles. The van der Waals surface area contributed by atoms with Crippen molar-refractivity contribution in [1.29, 1.82) is 0 Å². The molecule has 3 aromatic heterocycles. The van der Waals surface area contributed by atoms with Gasteiger partial charge in [0.05, 0.1) is 19.5 Å². The number of benzene rings is 1. The minimum atomic E-state index is -2.68. The van der Waals surface area contributed by atoms with Crippen LogP contribution in [0.5, 0.6) is 5.75 Å². The Morgan fingerprint density at radius 1 is 1.06 bits per heavy atom. The lowest BCUT2D eigenvalue weighted by atomic mass is 9.97. The van der Waals surface area contributed by atoms with Crippen LogP contribution >= 0.6 is 11.3 Å². The van der Waals surface area contributed by atoms with Gasteiger partial charge in [-0.2, -0.15) is 0 Å². The Hall–Kier alpha value is -3.44. The molecule has 32 heavy (non-hydrogen) atoms. The Kier molecular flexibility index (Phi) is 5.27. The van der Waals surface area contributed by atoms with E-state index < -0.39 is 6.43 Å². The van der Waals surface area contributed by atoms with E-state index in [0.717, 1.165) is 29.5 Å². The first-order chi connectivity index (χ1) is 15.5. The summed E-state index contributed by atoms with van der Waals surface area (Å²) in [5.74, 6) is 7.17. The Morgan fingerprint density at radius 3 is 2.66 bits per heavy atom. The van der Waals surface area contributed by atoms with Crippen molar-refractivity contribution >= 4 is 21.8 Å². The summed E-state index contributed by atoms with van der Waals surface area (Å²) < 4.78 is 32.1. The highest BCUT2D eigenvalue weighted by Crippen LogP contribution is 2.40. The van der Waals surface area contributed by atoms with Gasteiger partial charge in [0.2, 0.25) is 0 Å². The number of hydrogen-bond acceptors (Lipinski definition) is 6. The van der Waals surface area contributed by atoms with Crippen molar-refractivity contribution in [3.8, 4) is 39.3 Å². The predicted molar refractivity (Wildman–Crippen MR) is 120 cm³/mol. The standard InChI is InChI=1S/C24H18F2N4OS/c1-13-3-8-16(17(9-13)18-10-19(21(25)26)27-12-20(18)31-2)23-30-22-24(32-23)29-15(11-28-22)7-6-14-4-5-14/h3,8-12,14,21H,4-5H2,1-2H3. The van der Waals surface area contributed by atoms with Gasteiger partial charge in [-0.15, -0.1) is 0 Å². The number of rotatable bonds is 4. The number of methoxy groups -OCH3 is 1. The summed E-state index contributed by atoms with van der Waals surface area (Å²) in [5, 5.41) is 0.694. The first kappa shape index (κ1) is 20.5. The van der Waals surface area contributed by atoms with E-state index >= 15 is 0 Å². The molecule has 5 rings (SSSR count). The first-order valence-electron chi connectivity index (χ1n) is 10.1. The second-order valence-corrected chi connectivity index (χ2v) is 8.58. The van der Waals surface area contributed by atoms with Crippen molar-refractivity contribution in [3.05, 3.63) is 53.6 Å². The van der Waals surface area contributed by atoms with E-state index in [1.54, 1.807) is 6.20 Å². The van der Waals surface area contributed by atoms with Gasteiger partial charge in [0.25, 0.3) is 6.43 Å². The highest BCUT2D eigenvalue weighted by Gasteiger charge is 2.20. The number of pyridine rings is 1. The number of aromatic nitrogens is 4. The molecule has 3 heterocycles. The summed E-state index contributed by atoms with van der Waals surface area (Å²) in [5.41, 5.74) is 3.89. The van der Waals surface area contributed by atoms with Gasteiger partial charge < -0.3 is 4.74 Å². The van der Waals surface area contributed by atoms with Gasteiger partial charge in [-0.05, 0) is 37.3 Å². The Labute approximate surface area is 187 Å². The molecule has 4 aromatic rings. The van der Waals surface area contributed by atoms with Crippen LogP contribution in [-0.2, 0) is 0 Å². The van der Waals surface area contributed by atoms with Crippen LogP contribution < -0.4 is 4.74 Å². The summed E-state index contributed by atoms with van der Waals surface area (Å²) in [6.07, 6.45) is 2.58. The maximum Gasteiger partial charge on any atom is 0.280 e. The van der Waals surface area contributed by atoms with Gasteiger partial charge in [0.15, 0.2) is 10.5 Å². The highest BCUT2D eigenvalue weighted by atomic mass is 32.1. The number of aryl methyl sites for hydroxylation is 1. The normalized spacial score (nSPS) is 13.3. The number of halogens is 2. The molecular weight excluding hydrogens is 430 g/mol. The van der Waals surface area contributed by atoms with E-state index in [2.05, 4.69) is 31.8 Å². The minimum Gasteiger partial charge on any atom is -0.494 e. The zero-order valence-electron chi connectivity index (χ0n) is 17.4. The van der Waals surface area contributed by atoms with E-state index in [9.17, 15) is 8.78 Å². The van der Waals surface area contributed by atoms with Crippen LogP contribution in [0.25, 0.3) is 32.2 Å². The lowest BCUT2D eigenvalue weighted by Crippen LogP contribution is -1.96. The van der Waals surface area contributed by atoms with Gasteiger partial charge >= 0.3 is 0 Å². The molecular formula is C24H18F2N4OS. The number of alkyl halides is 2. The molecule has 1 aliphatic rings. The van der Waals surface area contributed by atoms with Gasteiger partial charge in [-0.3, -0.25) is 4.98 Å². The molecule has 1 aliphatic carbocycles. The van der Waals surface area contributed by atoms with E-state index in [0.29, 0.717) is 38.4 Å². The molecule has 0 spiro atoms. The molecule has 8 heteroatoms. The quantitative estimate of drug-likeness (QED) is 0.368. The lowest BCUT2D eigenvalue weighted by Gasteiger charge is -2.14. The van der Waals surface area contributed by atoms with Gasteiger partial charge in [-0.1, -0.05) is 41.0 Å². The van der Waals surface area contributed by atoms with Crippen LogP contribution in [-0.4, -0.2) is 27.0 Å². The van der Waals surface area contributed by atoms with E-state index in [4.69, 9.17) is 4.74 Å². The summed E-state index contributed by atoms with van der Waals surface area (Å²) >= 11 is 1.40. The average molecular weight is 448 g/mol. The van der Waals surface area contributed by atoms with Gasteiger partial charge in [0.1, 0.15) is 22.1 Å². The first-order valence-corrected chi connectivity index (χ1v) is 10.9. The number of thiazole rings is 1. The minimum absolute atomic E-state index is 0.306. The second kappa shape index (κ2) is 8.24. The molecule has 0 unspecified atom stereocenters. The molecule has 160 valence electrons. The largest absolute Gasteiger partial charge is 0.494 e. The fourth-order valence-corrected chi connectivity index (χ4v) is 4.26. The van der Waals surface area contributed by atoms with E-state index in [-0.39, 0.29) is 5.69 Å². The molecule has 0 amide bonds. The topological polar surface area (TPSA) is 60.8 Å². The zero-order chi connectivity index (χ0) is 22.2. The van der Waals surface area contributed by atoms with Gasteiger partial charge in [0, 0.05) is 17.0 Å². The van der Waals surface area contributed by atoms with Crippen LogP contribution in [0.15, 0.2) is 36.7 Å². The number of fused-ring (bicyclic) bond motifs is 1. The van der Waals surface area contributed by atoms with Crippen LogP contribution in [0.4, 0.5) is 8.78 Å². The van der Waals surface area contributed by atoms with Crippen LogP contribution in [0.1, 0.15) is 36.2 Å². The summed E-state index contributed by atoms with van der Waals surface area (Å²) in [6, 6.07) is 7.19. The van der Waals surface area contributed by atoms with Gasteiger partial charge in [-0.25, -0.2) is 23.7 Å². The summed E-state index contributed by atoms with van der Waals surface area (Å²) in [6.45, 7) is 1.95. The molecule has 0 radical (unpaired) electrons. The number of nitrogens with zero attached hydrogens (tertiary/aromatic N) is 4. The lowest BCUT2D eigenvalue weighted by molar-refractivity contribution is 0.146. The highest BCUT2D eigenvalue weighted by molar-refractivity contribution is 7.21. The fourth-order valence-electron chi connectivity index (χ4n) is 3.32. The zero-order valence-corrected chi connectivity index (χ0v) is 18.2. The van der Waals surface area contributed by atoms with Crippen molar-refractivity contribution < 1.29 is 13.5 Å². The Balaban J connectivity index is 1.63. The van der Waals surface area contributed by atoms with Crippen molar-refractivity contribution in [1.82, 2.24) is 19.9 Å². The second-order valence-electron chi connectivity index (χ2n) is 7.61. The maximum absolute atomic E-state index is 13.4. The number of ether oxygens (including phenoxy) is 1. The molecule has 5 nitrogen and oxygen atoms in total. The molecule has 0 N–H and O–H groups in total. The number of hydrogen-bond donors (Lipinski definition) is 0. The molecule has 1 saturated carbocycles. The third-order valence-corrected chi connectivity index (χ3v) is 6.10. The predicted octanol–water partition coefficient (Wildman–Crippen LogP) is 5.83. The summed E-state index contributed by atoms with van der Waals surface area (Å²) in [4.78, 5) is 18.2. The van der Waals surface area contributed by atoms with Crippen molar-refractivity contribution in [3.63, 3.8) is 0 Å². The van der Waals surface area contributed by atoms with E-state index in [1.165, 1.54) is 30.7 Å². The maximum atomic E-state index is 13.4. The van der Waals surface area contributed by atoms with Crippen LogP contribution in [0, 0.1) is 24.7 Å². The van der Waals surface area contributed by atoms with Crippen LogP contribution in [0.3, 0.4) is 0 Å². The molecule has 0 bridgehead atoms. The molecule has 0 aliphatic heterocycles. The molecule has 1 fully saturated rings. The van der Waals surface area contributed by atoms with Crippen LogP contribution in [0.2, 0.25) is 0 Å². The summed E-state index contributed by atoms with van der Waals surface area (Å²) in [7, 11) is 1.49. The third kappa shape index (κ3) is 4.04. The SMILES string of the molecule is COc1cnc(C(F)F)cc1-c1cc(C)ccc1-c1nc2ncc(C#CC3CC3)nc2s1. The van der Waals surface area contributed by atoms with Crippen molar-refractivity contribution in [2.24, 2.45) is 5.92 Å². The van der Waals surface area contributed by atoms with Crippen molar-refractivity contribution in [2.75, 3.05) is 7.11 Å². The average Bonchev–Trinajstić information content (AvgIpc) is 3.54. The van der Waals surface area contributed by atoms with E-state index in [1.807, 2.05) is 25.1 Å². The molecule has 0 atom stereocenters. The Morgan fingerprint density at radius 2 is 1.91 bits per heavy atom. The smallest absolute Gasteiger partial charge is 0.280 e.